The lowest BCUT2D eigenvalue weighted by Crippen LogP contribution is -1.79. The fourth-order valence-corrected chi connectivity index (χ4v) is 0.0974. The van der Waals surface area contributed by atoms with E-state index in [0.29, 0.717) is 10.8 Å². The molecule has 0 unspecified atom stereocenters. The molecule has 0 amide bonds. The zero-order valence-corrected chi connectivity index (χ0v) is 4.99. The van der Waals surface area contributed by atoms with E-state index in [1.54, 1.807) is 13.8 Å². The molecule has 0 fully saturated rings. The first-order valence-electron chi connectivity index (χ1n) is 1.83. The molecule has 0 spiro atoms. The van der Waals surface area contributed by atoms with E-state index in [9.17, 15) is 0 Å². The Balaban J connectivity index is 3.72. The van der Waals surface area contributed by atoms with Crippen molar-refractivity contribution in [3.05, 3.63) is 10.8 Å². The van der Waals surface area contributed by atoms with Crippen LogP contribution in [0.5, 0.6) is 0 Å². The van der Waals surface area contributed by atoms with Gasteiger partial charge in [-0.3, -0.25) is 0 Å². The molecular formula is C4H7ClO2. The molecule has 42 valence electrons. The van der Waals surface area contributed by atoms with E-state index in [0.717, 1.165) is 0 Å². The van der Waals surface area contributed by atoms with Gasteiger partial charge in [-0.15, -0.1) is 0 Å². The van der Waals surface area contributed by atoms with Gasteiger partial charge in [0, 0.05) is 0 Å². The molecule has 0 bridgehead atoms. The fraction of sp³-hybridized carbons (Fsp3) is 0.500. The molecule has 0 atom stereocenters. The standard InChI is InChI=1S/C4H7ClO2/c1-3(5)4(2)7-6/h6H,1-2H3/b4-3-. The summed E-state index contributed by atoms with van der Waals surface area (Å²) in [6, 6.07) is 0. The molecule has 0 aliphatic rings. The van der Waals surface area contributed by atoms with Crippen LogP contribution >= 0.6 is 11.6 Å². The normalized spacial score (nSPS) is 13.1. The Morgan fingerprint density at radius 3 is 2.00 bits per heavy atom. The van der Waals surface area contributed by atoms with Crippen LogP contribution in [0.2, 0.25) is 0 Å². The maximum Gasteiger partial charge on any atom is 0.153 e. The molecule has 0 aromatic carbocycles. The van der Waals surface area contributed by atoms with Gasteiger partial charge in [0.15, 0.2) is 5.76 Å². The predicted octanol–water partition coefficient (Wildman–Crippen LogP) is 1.97. The first-order valence-corrected chi connectivity index (χ1v) is 2.20. The minimum Gasteiger partial charge on any atom is -0.344 e. The Hall–Kier alpha value is -0.210. The maximum atomic E-state index is 7.86. The molecule has 1 N–H and O–H groups in total. The van der Waals surface area contributed by atoms with Crippen molar-refractivity contribution in [1.29, 1.82) is 0 Å². The molecule has 0 rings (SSSR count). The van der Waals surface area contributed by atoms with Crippen LogP contribution in [0, 0.1) is 0 Å². The van der Waals surface area contributed by atoms with E-state index in [1.807, 2.05) is 0 Å². The van der Waals surface area contributed by atoms with Crippen molar-refractivity contribution in [1.82, 2.24) is 0 Å². The smallest absolute Gasteiger partial charge is 0.153 e. The molecule has 0 saturated carbocycles. The van der Waals surface area contributed by atoms with Crippen LogP contribution in [-0.2, 0) is 4.89 Å². The molecule has 0 heterocycles. The van der Waals surface area contributed by atoms with Crippen LogP contribution in [0.4, 0.5) is 0 Å². The number of hydrogen-bond donors (Lipinski definition) is 1. The van der Waals surface area contributed by atoms with Gasteiger partial charge in [-0.1, -0.05) is 11.6 Å². The second-order valence-electron chi connectivity index (χ2n) is 1.18. The lowest BCUT2D eigenvalue weighted by molar-refractivity contribution is -0.202. The zero-order valence-electron chi connectivity index (χ0n) is 4.23. The summed E-state index contributed by atoms with van der Waals surface area (Å²) in [6.45, 7) is 3.20. The third kappa shape index (κ3) is 2.48. The van der Waals surface area contributed by atoms with Crippen molar-refractivity contribution in [2.24, 2.45) is 0 Å². The highest BCUT2D eigenvalue weighted by Gasteiger charge is 1.89. The third-order valence-corrected chi connectivity index (χ3v) is 0.888. The van der Waals surface area contributed by atoms with E-state index >= 15 is 0 Å². The van der Waals surface area contributed by atoms with Gasteiger partial charge in [0.1, 0.15) is 0 Å². The lowest BCUT2D eigenvalue weighted by Gasteiger charge is -1.92. The number of rotatable bonds is 1. The highest BCUT2D eigenvalue weighted by atomic mass is 35.5. The number of hydrogen-bond acceptors (Lipinski definition) is 2. The van der Waals surface area contributed by atoms with Crippen molar-refractivity contribution < 1.29 is 10.1 Å². The average molecular weight is 123 g/mol. The summed E-state index contributed by atoms with van der Waals surface area (Å²) in [6.07, 6.45) is 0. The molecule has 0 radical (unpaired) electrons. The quantitative estimate of drug-likeness (QED) is 0.327. The summed E-state index contributed by atoms with van der Waals surface area (Å²) in [5.74, 6) is 0.335. The molecular weight excluding hydrogens is 115 g/mol. The van der Waals surface area contributed by atoms with E-state index in [4.69, 9.17) is 16.9 Å². The van der Waals surface area contributed by atoms with Gasteiger partial charge in [0.2, 0.25) is 0 Å². The summed E-state index contributed by atoms with van der Waals surface area (Å²) in [4.78, 5) is 3.76. The molecule has 0 aliphatic heterocycles. The Morgan fingerprint density at radius 2 is 2.00 bits per heavy atom. The molecule has 0 aliphatic carbocycles. The van der Waals surface area contributed by atoms with Gasteiger partial charge in [-0.2, -0.15) is 0 Å². The van der Waals surface area contributed by atoms with Gasteiger partial charge >= 0.3 is 0 Å². The summed E-state index contributed by atoms with van der Waals surface area (Å²) >= 11 is 5.32. The fourth-order valence-electron chi connectivity index (χ4n) is 0.0629. The maximum absolute atomic E-state index is 7.86. The highest BCUT2D eigenvalue weighted by molar-refractivity contribution is 6.29. The van der Waals surface area contributed by atoms with Gasteiger partial charge in [0.05, 0.1) is 5.03 Å². The zero-order chi connectivity index (χ0) is 5.86. The second-order valence-corrected chi connectivity index (χ2v) is 1.75. The van der Waals surface area contributed by atoms with Crippen molar-refractivity contribution in [3.63, 3.8) is 0 Å². The summed E-state index contributed by atoms with van der Waals surface area (Å²) in [5.41, 5.74) is 0. The van der Waals surface area contributed by atoms with Crippen LogP contribution in [-0.4, -0.2) is 5.26 Å². The predicted molar refractivity (Wildman–Crippen MR) is 27.9 cm³/mol. The molecule has 0 aromatic rings. The van der Waals surface area contributed by atoms with Crippen LogP contribution < -0.4 is 0 Å². The monoisotopic (exact) mass is 122 g/mol. The summed E-state index contributed by atoms with van der Waals surface area (Å²) < 4.78 is 0. The summed E-state index contributed by atoms with van der Waals surface area (Å²) in [7, 11) is 0. The van der Waals surface area contributed by atoms with E-state index in [2.05, 4.69) is 4.89 Å². The second kappa shape index (κ2) is 2.88. The van der Waals surface area contributed by atoms with Crippen LogP contribution in [0.15, 0.2) is 10.8 Å². The Morgan fingerprint density at radius 1 is 1.57 bits per heavy atom. The van der Waals surface area contributed by atoms with Crippen LogP contribution in [0.1, 0.15) is 13.8 Å². The SMILES string of the molecule is C/C(Cl)=C(\C)OO. The van der Waals surface area contributed by atoms with E-state index in [1.165, 1.54) is 0 Å². The van der Waals surface area contributed by atoms with Crippen molar-refractivity contribution >= 4 is 11.6 Å². The topological polar surface area (TPSA) is 29.5 Å². The van der Waals surface area contributed by atoms with Crippen molar-refractivity contribution in [2.75, 3.05) is 0 Å². The molecule has 2 nitrogen and oxygen atoms in total. The molecule has 7 heavy (non-hydrogen) atoms. The van der Waals surface area contributed by atoms with Crippen molar-refractivity contribution in [3.8, 4) is 0 Å². The third-order valence-electron chi connectivity index (χ3n) is 0.622. The van der Waals surface area contributed by atoms with E-state index in [-0.39, 0.29) is 0 Å². The summed E-state index contributed by atoms with van der Waals surface area (Å²) in [5, 5.41) is 8.32. The minimum atomic E-state index is 0.335. The van der Waals surface area contributed by atoms with Gasteiger partial charge < -0.3 is 4.89 Å². The molecule has 0 aromatic heterocycles. The average Bonchev–Trinajstić information content (AvgIpc) is 1.65. The Kier molecular flexibility index (Phi) is 2.79. The first-order chi connectivity index (χ1) is 3.18. The highest BCUT2D eigenvalue weighted by Crippen LogP contribution is 2.06. The largest absolute Gasteiger partial charge is 0.344 e. The van der Waals surface area contributed by atoms with Crippen LogP contribution in [0.25, 0.3) is 0 Å². The first kappa shape index (κ1) is 6.79. The number of halogens is 1. The van der Waals surface area contributed by atoms with Crippen molar-refractivity contribution in [2.45, 2.75) is 13.8 Å². The molecule has 3 heteroatoms. The lowest BCUT2D eigenvalue weighted by atomic mass is 10.5. The minimum absolute atomic E-state index is 0.335. The van der Waals surface area contributed by atoms with Gasteiger partial charge in [-0.05, 0) is 13.8 Å². The van der Waals surface area contributed by atoms with Gasteiger partial charge in [0.25, 0.3) is 0 Å². The van der Waals surface area contributed by atoms with Crippen LogP contribution in [0.3, 0.4) is 0 Å². The van der Waals surface area contributed by atoms with Gasteiger partial charge in [-0.25, -0.2) is 5.26 Å². The Labute approximate surface area is 47.3 Å². The van der Waals surface area contributed by atoms with E-state index < -0.39 is 0 Å². The molecule has 0 saturated heterocycles. The number of allylic oxidation sites excluding steroid dienone is 2. The Bertz CT molecular complexity index is 83.7.